The van der Waals surface area contributed by atoms with Gasteiger partial charge in [0.15, 0.2) is 0 Å². The Kier molecular flexibility index (Phi) is 8.35. The first-order valence-corrected chi connectivity index (χ1v) is 20.7. The number of rotatable bonds is 7. The Bertz CT molecular complexity index is 3250. The van der Waals surface area contributed by atoms with Crippen LogP contribution < -0.4 is 16.0 Å². The van der Waals surface area contributed by atoms with Crippen molar-refractivity contribution in [1.82, 2.24) is 4.57 Å². The number of nitrogens with two attached hydrogens (primary N) is 1. The molecule has 4 heteroatoms. The van der Waals surface area contributed by atoms with Crippen LogP contribution in [0, 0.1) is 0 Å². The van der Waals surface area contributed by atoms with E-state index in [1.165, 1.54) is 71.3 Å². The van der Waals surface area contributed by atoms with Crippen LogP contribution in [0.3, 0.4) is 0 Å². The molecule has 1 aromatic heterocycles. The fourth-order valence-electron chi connectivity index (χ4n) is 10.1. The van der Waals surface area contributed by atoms with E-state index in [9.17, 15) is 0 Å². The van der Waals surface area contributed by atoms with Gasteiger partial charge >= 0.3 is 0 Å². The largest absolute Gasteiger partial charge is 0.387 e. The zero-order valence-electron chi connectivity index (χ0n) is 33.2. The maximum absolute atomic E-state index is 7.71. The third-order valence-corrected chi connectivity index (χ3v) is 12.5. The van der Waals surface area contributed by atoms with E-state index in [1.807, 2.05) is 0 Å². The number of anilines is 3. The minimum Gasteiger partial charge on any atom is -0.387 e. The first-order valence-electron chi connectivity index (χ1n) is 20.7. The van der Waals surface area contributed by atoms with Crippen LogP contribution >= 0.6 is 0 Å². The van der Waals surface area contributed by atoms with E-state index in [4.69, 9.17) is 5.73 Å². The number of hydrogen-bond donors (Lipinski definition) is 2. The highest BCUT2D eigenvalue weighted by Gasteiger charge is 2.32. The SMILES string of the molecule is CNc1c(-c2ccccc2)c2ccccc2c2c1c1c(N(c3ccccc3)C(N)c3cccc4ccccc34)cccc1c1c2c2c(n1-c1ccccc1)C(C)CC=C2. The summed E-state index contributed by atoms with van der Waals surface area (Å²) in [5, 5.41) is 14.6. The molecule has 9 aromatic carbocycles. The average Bonchev–Trinajstić information content (AvgIpc) is 3.66. The summed E-state index contributed by atoms with van der Waals surface area (Å²) in [4.78, 5) is 2.37. The molecular formula is C55H44N4. The second-order valence-corrected chi connectivity index (χ2v) is 15.8. The van der Waals surface area contributed by atoms with E-state index in [0.717, 1.165) is 39.8 Å². The Balaban J connectivity index is 1.40. The number of nitrogens with one attached hydrogen (secondary N) is 1. The summed E-state index contributed by atoms with van der Waals surface area (Å²) in [5.41, 5.74) is 19.4. The van der Waals surface area contributed by atoms with Crippen molar-refractivity contribution in [2.24, 2.45) is 5.73 Å². The molecule has 3 N–H and O–H groups in total. The molecular weight excluding hydrogens is 717 g/mol. The Labute approximate surface area is 344 Å². The summed E-state index contributed by atoms with van der Waals surface area (Å²) in [6.45, 7) is 2.38. The fraction of sp³-hybridized carbons (Fsp3) is 0.0909. The van der Waals surface area contributed by atoms with Crippen LogP contribution in [-0.4, -0.2) is 11.6 Å². The van der Waals surface area contributed by atoms with Crippen molar-refractivity contribution in [2.75, 3.05) is 17.3 Å². The minimum atomic E-state index is -0.510. The van der Waals surface area contributed by atoms with Gasteiger partial charge in [0.25, 0.3) is 0 Å². The van der Waals surface area contributed by atoms with Crippen LogP contribution in [0.4, 0.5) is 17.1 Å². The molecule has 0 bridgehead atoms. The minimum absolute atomic E-state index is 0.315. The molecule has 59 heavy (non-hydrogen) atoms. The quantitative estimate of drug-likeness (QED) is 0.126. The smallest absolute Gasteiger partial charge is 0.109 e. The van der Waals surface area contributed by atoms with Crippen molar-refractivity contribution in [3.05, 3.63) is 199 Å². The van der Waals surface area contributed by atoms with Crippen molar-refractivity contribution in [3.63, 3.8) is 0 Å². The van der Waals surface area contributed by atoms with Gasteiger partial charge in [-0.15, -0.1) is 0 Å². The number of hydrogen-bond acceptors (Lipinski definition) is 3. The van der Waals surface area contributed by atoms with Crippen molar-refractivity contribution >= 4 is 77.1 Å². The molecule has 0 fully saturated rings. The first-order chi connectivity index (χ1) is 29.1. The molecule has 1 aliphatic carbocycles. The summed E-state index contributed by atoms with van der Waals surface area (Å²) >= 11 is 0. The summed E-state index contributed by atoms with van der Waals surface area (Å²) in [6, 6.07) is 63.4. The zero-order valence-corrected chi connectivity index (χ0v) is 33.2. The van der Waals surface area contributed by atoms with E-state index >= 15 is 0 Å². The molecule has 0 saturated carbocycles. The maximum atomic E-state index is 7.71. The lowest BCUT2D eigenvalue weighted by Crippen LogP contribution is -2.31. The molecule has 2 unspecified atom stereocenters. The highest BCUT2D eigenvalue weighted by atomic mass is 15.2. The monoisotopic (exact) mass is 760 g/mol. The Morgan fingerprint density at radius 2 is 1.24 bits per heavy atom. The lowest BCUT2D eigenvalue weighted by molar-refractivity contribution is 0.724. The Hall–Kier alpha value is -7.14. The van der Waals surface area contributed by atoms with Gasteiger partial charge in [-0.3, -0.25) is 0 Å². The van der Waals surface area contributed by atoms with E-state index < -0.39 is 6.17 Å². The number of fused-ring (bicyclic) bond motifs is 11. The summed E-state index contributed by atoms with van der Waals surface area (Å²) in [7, 11) is 2.08. The van der Waals surface area contributed by atoms with E-state index in [-0.39, 0.29) is 0 Å². The standard InChI is InChI=1S/C55H44N4/c1-35-19-16-32-45-50-49-42-30-15-14-29-41(42)47(37-21-6-3-7-22-37)52(57-2)51(49)48-44(54(50)59(53(35)45)39-26-10-5-11-27-39)33-18-34-46(48)58(38-24-8-4-9-25-38)55(56)43-31-17-23-36-20-12-13-28-40(36)43/h3-18,20-35,55,57H,19,56H2,1-2H3. The molecule has 1 heterocycles. The first kappa shape index (κ1) is 35.1. The second-order valence-electron chi connectivity index (χ2n) is 15.8. The topological polar surface area (TPSA) is 46.2 Å². The lowest BCUT2D eigenvalue weighted by Gasteiger charge is -2.34. The normalized spacial score (nSPS) is 14.3. The van der Waals surface area contributed by atoms with Gasteiger partial charge in [-0.1, -0.05) is 165 Å². The molecule has 0 amide bonds. The molecule has 10 aromatic rings. The second kappa shape index (κ2) is 14.1. The van der Waals surface area contributed by atoms with Gasteiger partial charge in [0.1, 0.15) is 6.17 Å². The predicted molar refractivity (Wildman–Crippen MR) is 252 cm³/mol. The van der Waals surface area contributed by atoms with Crippen LogP contribution in [0.25, 0.3) is 76.9 Å². The van der Waals surface area contributed by atoms with Crippen LogP contribution in [0.2, 0.25) is 0 Å². The highest BCUT2D eigenvalue weighted by molar-refractivity contribution is 6.39. The van der Waals surface area contributed by atoms with Gasteiger partial charge in [-0.2, -0.15) is 0 Å². The van der Waals surface area contributed by atoms with Crippen LogP contribution in [0.1, 0.15) is 42.2 Å². The van der Waals surface area contributed by atoms with Gasteiger partial charge < -0.3 is 20.5 Å². The maximum Gasteiger partial charge on any atom is 0.109 e. The molecule has 1 aliphatic rings. The number of allylic oxidation sites excluding steroid dienone is 1. The van der Waals surface area contributed by atoms with Crippen molar-refractivity contribution < 1.29 is 0 Å². The van der Waals surface area contributed by atoms with E-state index in [0.29, 0.717) is 5.92 Å². The predicted octanol–water partition coefficient (Wildman–Crippen LogP) is 14.3. The molecule has 2 atom stereocenters. The number of benzene rings is 9. The summed E-state index contributed by atoms with van der Waals surface area (Å²) < 4.78 is 2.57. The number of nitrogens with zero attached hydrogens (tertiary/aromatic N) is 2. The van der Waals surface area contributed by atoms with E-state index in [1.54, 1.807) is 0 Å². The third kappa shape index (κ3) is 5.34. The molecule has 284 valence electrons. The van der Waals surface area contributed by atoms with Gasteiger partial charge in [0.05, 0.1) is 16.9 Å². The zero-order chi connectivity index (χ0) is 39.6. The van der Waals surface area contributed by atoms with Crippen LogP contribution in [0.15, 0.2) is 182 Å². The molecule has 0 spiro atoms. The number of para-hydroxylation sites is 2. The van der Waals surface area contributed by atoms with Crippen LogP contribution in [0.5, 0.6) is 0 Å². The van der Waals surface area contributed by atoms with Crippen LogP contribution in [-0.2, 0) is 0 Å². The molecule has 0 aliphatic heterocycles. The fourth-order valence-corrected chi connectivity index (χ4v) is 10.1. The summed E-state index contributed by atoms with van der Waals surface area (Å²) in [5.74, 6) is 0.315. The molecule has 4 nitrogen and oxygen atoms in total. The highest BCUT2D eigenvalue weighted by Crippen LogP contribution is 2.54. The average molecular weight is 761 g/mol. The third-order valence-electron chi connectivity index (χ3n) is 12.5. The Morgan fingerprint density at radius 3 is 2.00 bits per heavy atom. The van der Waals surface area contributed by atoms with E-state index in [2.05, 4.69) is 217 Å². The van der Waals surface area contributed by atoms with Gasteiger partial charge in [0, 0.05) is 68.1 Å². The molecule has 0 radical (unpaired) electrons. The van der Waals surface area contributed by atoms with Gasteiger partial charge in [-0.05, 0) is 69.4 Å². The van der Waals surface area contributed by atoms with Crippen molar-refractivity contribution in [3.8, 4) is 16.8 Å². The number of aromatic nitrogens is 1. The Morgan fingerprint density at radius 1 is 0.610 bits per heavy atom. The molecule has 11 rings (SSSR count). The molecule has 0 saturated heterocycles. The van der Waals surface area contributed by atoms with Crippen molar-refractivity contribution in [1.29, 1.82) is 0 Å². The van der Waals surface area contributed by atoms with Gasteiger partial charge in [-0.25, -0.2) is 0 Å². The van der Waals surface area contributed by atoms with Crippen molar-refractivity contribution in [2.45, 2.75) is 25.4 Å². The lowest BCUT2D eigenvalue weighted by atomic mass is 9.84. The van der Waals surface area contributed by atoms with Gasteiger partial charge in [0.2, 0.25) is 0 Å². The summed E-state index contributed by atoms with van der Waals surface area (Å²) in [6.07, 6.45) is 5.23.